The summed E-state index contributed by atoms with van der Waals surface area (Å²) in [4.78, 5) is 0. The van der Waals surface area contributed by atoms with Crippen molar-refractivity contribution < 1.29 is 29.5 Å². The summed E-state index contributed by atoms with van der Waals surface area (Å²) in [7, 11) is 0. The average Bonchev–Trinajstić information content (AvgIpc) is 2.89. The Bertz CT molecular complexity index is 394. The Morgan fingerprint density at radius 3 is 2.50 bits per heavy atom. The minimum atomic E-state index is -1.06. The molecule has 6 atom stereocenters. The summed E-state index contributed by atoms with van der Waals surface area (Å²) >= 11 is 0. The van der Waals surface area contributed by atoms with Crippen LogP contribution in [0.1, 0.15) is 38.5 Å². The number of aliphatic hydroxyl groups is 3. The Kier molecular flexibility index (Phi) is 4.87. The second-order valence-corrected chi connectivity index (χ2v) is 6.54. The zero-order valence-electron chi connectivity index (χ0n) is 12.8. The van der Waals surface area contributed by atoms with Gasteiger partial charge in [-0.25, -0.2) is 0 Å². The van der Waals surface area contributed by atoms with Gasteiger partial charge in [-0.05, 0) is 19.3 Å². The van der Waals surface area contributed by atoms with Crippen LogP contribution >= 0.6 is 0 Å². The molecule has 3 N–H and O–H groups in total. The summed E-state index contributed by atoms with van der Waals surface area (Å²) in [5.41, 5.74) is 0. The molecule has 6 heteroatoms. The molecule has 2 saturated heterocycles. The van der Waals surface area contributed by atoms with Gasteiger partial charge >= 0.3 is 0 Å². The van der Waals surface area contributed by atoms with Crippen molar-refractivity contribution in [3.05, 3.63) is 12.7 Å². The molecule has 0 bridgehead atoms. The number of fused-ring (bicyclic) bond motifs is 1. The molecule has 3 aliphatic rings. The van der Waals surface area contributed by atoms with Crippen LogP contribution in [0.5, 0.6) is 0 Å². The van der Waals surface area contributed by atoms with Gasteiger partial charge in [0.1, 0.15) is 30.5 Å². The van der Waals surface area contributed by atoms with Crippen molar-refractivity contribution in [3.8, 4) is 0 Å². The number of ether oxygens (including phenoxy) is 3. The van der Waals surface area contributed by atoms with Gasteiger partial charge in [0.05, 0.1) is 12.7 Å². The van der Waals surface area contributed by atoms with Crippen LogP contribution in [0, 0.1) is 0 Å². The van der Waals surface area contributed by atoms with E-state index in [9.17, 15) is 15.3 Å². The van der Waals surface area contributed by atoms with Gasteiger partial charge in [0.25, 0.3) is 0 Å². The number of aliphatic hydroxyl groups excluding tert-OH is 3. The predicted molar refractivity (Wildman–Crippen MR) is 78.1 cm³/mol. The highest BCUT2D eigenvalue weighted by Gasteiger charge is 2.58. The largest absolute Gasteiger partial charge is 0.394 e. The molecule has 2 heterocycles. The zero-order valence-corrected chi connectivity index (χ0v) is 12.8. The highest BCUT2D eigenvalue weighted by atomic mass is 16.8. The molecular weight excluding hydrogens is 288 g/mol. The first-order valence-corrected chi connectivity index (χ1v) is 8.19. The quantitative estimate of drug-likeness (QED) is 0.655. The minimum absolute atomic E-state index is 0.416. The van der Waals surface area contributed by atoms with Gasteiger partial charge in [-0.2, -0.15) is 0 Å². The highest BCUT2D eigenvalue weighted by molar-refractivity contribution is 5.03. The zero-order chi connectivity index (χ0) is 15.7. The van der Waals surface area contributed by atoms with Crippen molar-refractivity contribution in [2.75, 3.05) is 6.61 Å². The summed E-state index contributed by atoms with van der Waals surface area (Å²) in [6, 6.07) is 0. The van der Waals surface area contributed by atoms with Crippen molar-refractivity contribution in [2.24, 2.45) is 0 Å². The van der Waals surface area contributed by atoms with Gasteiger partial charge < -0.3 is 29.5 Å². The van der Waals surface area contributed by atoms with Gasteiger partial charge in [0, 0.05) is 12.8 Å². The molecule has 0 aromatic carbocycles. The third-order valence-electron chi connectivity index (χ3n) is 4.98. The fourth-order valence-corrected chi connectivity index (χ4v) is 3.85. The van der Waals surface area contributed by atoms with E-state index in [1.54, 1.807) is 6.08 Å². The van der Waals surface area contributed by atoms with Crippen LogP contribution in [0.25, 0.3) is 0 Å². The van der Waals surface area contributed by atoms with E-state index in [1.807, 2.05) is 0 Å². The number of hydrogen-bond acceptors (Lipinski definition) is 6. The second kappa shape index (κ2) is 6.55. The smallest absolute Gasteiger partial charge is 0.169 e. The lowest BCUT2D eigenvalue weighted by molar-refractivity contribution is -0.217. The number of rotatable bonds is 4. The Labute approximate surface area is 130 Å². The van der Waals surface area contributed by atoms with Gasteiger partial charge in [-0.15, -0.1) is 6.58 Å². The first kappa shape index (κ1) is 16.4. The molecule has 3 fully saturated rings. The Morgan fingerprint density at radius 2 is 1.86 bits per heavy atom. The predicted octanol–water partition coefficient (Wildman–Crippen LogP) is 0.488. The van der Waals surface area contributed by atoms with Crippen LogP contribution in [-0.4, -0.2) is 64.3 Å². The maximum Gasteiger partial charge on any atom is 0.169 e. The number of hydrogen-bond donors (Lipinski definition) is 3. The van der Waals surface area contributed by atoms with Crippen molar-refractivity contribution in [2.45, 2.75) is 80.9 Å². The molecule has 0 aromatic rings. The lowest BCUT2D eigenvalue weighted by Gasteiger charge is -2.41. The molecule has 0 amide bonds. The average molecular weight is 314 g/mol. The third-order valence-corrected chi connectivity index (χ3v) is 4.98. The Balaban J connectivity index is 1.82. The maximum absolute atomic E-state index is 10.5. The molecule has 3 rings (SSSR count). The van der Waals surface area contributed by atoms with E-state index in [2.05, 4.69) is 6.58 Å². The topological polar surface area (TPSA) is 88.4 Å². The molecule has 1 unspecified atom stereocenters. The van der Waals surface area contributed by atoms with Crippen LogP contribution in [0.4, 0.5) is 0 Å². The lowest BCUT2D eigenvalue weighted by Crippen LogP contribution is -2.59. The van der Waals surface area contributed by atoms with E-state index >= 15 is 0 Å². The van der Waals surface area contributed by atoms with Crippen molar-refractivity contribution >= 4 is 0 Å². The standard InChI is InChI=1S/C16H26O6/c1-2-6-11-12(19)14-15(13(20-11)10(18)9-17)22-16(21-14)7-4-3-5-8-16/h2,10-15,17-19H,1,3-9H2/t10?,11-,12-,13-,14-,15+/m0/s1. The van der Waals surface area contributed by atoms with Gasteiger partial charge in [-0.3, -0.25) is 0 Å². The van der Waals surface area contributed by atoms with E-state index < -0.39 is 49.0 Å². The molecule has 2 aliphatic heterocycles. The molecule has 1 aliphatic carbocycles. The monoisotopic (exact) mass is 314 g/mol. The van der Waals surface area contributed by atoms with Crippen LogP contribution in [0.15, 0.2) is 12.7 Å². The van der Waals surface area contributed by atoms with Crippen LogP contribution in [0.3, 0.4) is 0 Å². The summed E-state index contributed by atoms with van der Waals surface area (Å²) in [6.07, 6.45) is 2.72. The van der Waals surface area contributed by atoms with Crippen molar-refractivity contribution in [3.63, 3.8) is 0 Å². The highest BCUT2D eigenvalue weighted by Crippen LogP contribution is 2.45. The van der Waals surface area contributed by atoms with Crippen LogP contribution in [-0.2, 0) is 14.2 Å². The van der Waals surface area contributed by atoms with E-state index in [0.29, 0.717) is 6.42 Å². The van der Waals surface area contributed by atoms with Crippen molar-refractivity contribution in [1.29, 1.82) is 0 Å². The van der Waals surface area contributed by atoms with E-state index in [-0.39, 0.29) is 0 Å². The normalized spacial score (nSPS) is 42.0. The fraction of sp³-hybridized carbons (Fsp3) is 0.875. The van der Waals surface area contributed by atoms with Gasteiger partial charge in [0.15, 0.2) is 5.79 Å². The first-order valence-electron chi connectivity index (χ1n) is 8.19. The molecular formula is C16H26O6. The fourth-order valence-electron chi connectivity index (χ4n) is 3.85. The molecule has 6 nitrogen and oxygen atoms in total. The molecule has 126 valence electrons. The van der Waals surface area contributed by atoms with E-state index in [4.69, 9.17) is 14.2 Å². The SMILES string of the molecule is C=CC[C@@H]1O[C@@H](C(O)CO)[C@H]2OC3(CCCCC3)O[C@H]2[C@H]1O. The summed E-state index contributed by atoms with van der Waals surface area (Å²) < 4.78 is 18.1. The molecule has 22 heavy (non-hydrogen) atoms. The minimum Gasteiger partial charge on any atom is -0.394 e. The molecule has 0 radical (unpaired) electrons. The van der Waals surface area contributed by atoms with Crippen LogP contribution < -0.4 is 0 Å². The summed E-state index contributed by atoms with van der Waals surface area (Å²) in [5, 5.41) is 29.9. The first-order chi connectivity index (χ1) is 10.6. The lowest BCUT2D eigenvalue weighted by atomic mass is 9.91. The molecule has 1 saturated carbocycles. The Morgan fingerprint density at radius 1 is 1.18 bits per heavy atom. The van der Waals surface area contributed by atoms with E-state index in [0.717, 1.165) is 32.1 Å². The molecule has 1 spiro atoms. The van der Waals surface area contributed by atoms with E-state index in [1.165, 1.54) is 0 Å². The summed E-state index contributed by atoms with van der Waals surface area (Å²) in [6.45, 7) is 3.26. The van der Waals surface area contributed by atoms with Crippen molar-refractivity contribution in [1.82, 2.24) is 0 Å². The summed E-state index contributed by atoms with van der Waals surface area (Å²) in [5.74, 6) is -0.672. The maximum atomic E-state index is 10.5. The van der Waals surface area contributed by atoms with Gasteiger partial charge in [0.2, 0.25) is 0 Å². The Hall–Kier alpha value is -0.500. The molecule has 0 aromatic heterocycles. The van der Waals surface area contributed by atoms with Crippen LogP contribution in [0.2, 0.25) is 0 Å². The third kappa shape index (κ3) is 2.84. The second-order valence-electron chi connectivity index (χ2n) is 6.54. The van der Waals surface area contributed by atoms with Gasteiger partial charge in [-0.1, -0.05) is 12.5 Å².